The molecule has 1 heterocycles. The van der Waals surface area contributed by atoms with E-state index in [4.69, 9.17) is 5.11 Å². The Kier molecular flexibility index (Phi) is 2.92. The zero-order valence-corrected chi connectivity index (χ0v) is 7.85. The molecule has 6 heteroatoms. The van der Waals surface area contributed by atoms with Gasteiger partial charge in [-0.2, -0.15) is 13.2 Å². The lowest BCUT2D eigenvalue weighted by Crippen LogP contribution is -2.20. The van der Waals surface area contributed by atoms with Gasteiger partial charge >= 0.3 is 0 Å². The van der Waals surface area contributed by atoms with Gasteiger partial charge in [0.1, 0.15) is 6.61 Å². The molecule has 0 bridgehead atoms. The van der Waals surface area contributed by atoms with E-state index in [1.54, 1.807) is 0 Å². The van der Waals surface area contributed by atoms with E-state index in [1.807, 2.05) is 0 Å². The number of rotatable bonds is 2. The van der Waals surface area contributed by atoms with Crippen LogP contribution in [0.2, 0.25) is 0 Å². The Morgan fingerprint density at radius 3 is 2.69 bits per heavy atom. The molecule has 0 fully saturated rings. The molecule has 0 aliphatic carbocycles. The van der Waals surface area contributed by atoms with Gasteiger partial charge < -0.3 is 5.11 Å². The summed E-state index contributed by atoms with van der Waals surface area (Å²) in [5.41, 5.74) is -0.913. The highest BCUT2D eigenvalue weighted by molar-refractivity contribution is 9.10. The predicted octanol–water partition coefficient (Wildman–Crippen LogP) is 2.07. The zero-order valence-electron chi connectivity index (χ0n) is 6.27. The molecule has 72 valence electrons. The minimum Gasteiger partial charge on any atom is -0.390 e. The van der Waals surface area contributed by atoms with Crippen LogP contribution in [-0.4, -0.2) is 16.7 Å². The fraction of sp³-hybridized carbons (Fsp3) is 0.286. The summed E-state index contributed by atoms with van der Waals surface area (Å²) in [4.78, 5) is 3.09. The minimum absolute atomic E-state index is 0.233. The summed E-state index contributed by atoms with van der Waals surface area (Å²) in [7, 11) is 0. The van der Waals surface area contributed by atoms with Crippen LogP contribution < -0.4 is 0 Å². The first-order valence-electron chi connectivity index (χ1n) is 3.27. The third-order valence-corrected chi connectivity index (χ3v) is 1.83. The first-order chi connectivity index (χ1) is 5.97. The van der Waals surface area contributed by atoms with Crippen molar-refractivity contribution in [1.82, 2.24) is 4.98 Å². The molecule has 1 N–H and O–H groups in total. The molecule has 1 aromatic rings. The molecule has 0 saturated heterocycles. The van der Waals surface area contributed by atoms with Crippen molar-refractivity contribution >= 4 is 15.9 Å². The Hall–Kier alpha value is -0.620. The van der Waals surface area contributed by atoms with Crippen LogP contribution in [0.1, 0.15) is 5.56 Å². The van der Waals surface area contributed by atoms with Crippen molar-refractivity contribution in [3.8, 4) is 0 Å². The van der Waals surface area contributed by atoms with Crippen LogP contribution in [0.3, 0.4) is 0 Å². The van der Waals surface area contributed by atoms with Crippen molar-refractivity contribution < 1.29 is 18.3 Å². The first kappa shape index (κ1) is 10.5. The van der Waals surface area contributed by atoms with Gasteiger partial charge in [0.05, 0.1) is 5.56 Å². The normalized spacial score (nSPS) is 11.8. The van der Waals surface area contributed by atoms with Crippen molar-refractivity contribution in [3.05, 3.63) is 28.2 Å². The number of alkyl halides is 2. The standard InChI is InChI=1S/C7H5BrF3NO/c8-4-1-5(6(9)12-2-4)7(10,11)3-13/h1-2,13H,3H2. The number of aliphatic hydroxyl groups is 1. The smallest absolute Gasteiger partial charge is 0.300 e. The lowest BCUT2D eigenvalue weighted by molar-refractivity contribution is -0.0588. The molecule has 0 aromatic carbocycles. The van der Waals surface area contributed by atoms with Crippen molar-refractivity contribution in [3.63, 3.8) is 0 Å². The summed E-state index contributed by atoms with van der Waals surface area (Å²) in [5.74, 6) is -4.87. The van der Waals surface area contributed by atoms with Crippen molar-refractivity contribution in [2.24, 2.45) is 0 Å². The van der Waals surface area contributed by atoms with E-state index >= 15 is 0 Å². The molecule has 0 aliphatic heterocycles. The molecule has 0 spiro atoms. The number of aromatic nitrogens is 1. The highest BCUT2D eigenvalue weighted by Crippen LogP contribution is 2.30. The number of hydrogen-bond acceptors (Lipinski definition) is 2. The van der Waals surface area contributed by atoms with Crippen LogP contribution in [0, 0.1) is 5.95 Å². The average Bonchev–Trinajstić information content (AvgIpc) is 2.09. The topological polar surface area (TPSA) is 33.1 Å². The highest BCUT2D eigenvalue weighted by atomic mass is 79.9. The summed E-state index contributed by atoms with van der Waals surface area (Å²) in [5, 5.41) is 8.30. The second-order valence-electron chi connectivity index (χ2n) is 2.35. The lowest BCUT2D eigenvalue weighted by atomic mass is 10.1. The Balaban J connectivity index is 3.20. The molecule has 0 aliphatic rings. The van der Waals surface area contributed by atoms with E-state index in [1.165, 1.54) is 0 Å². The molecule has 1 aromatic heterocycles. The second kappa shape index (κ2) is 3.63. The quantitative estimate of drug-likeness (QED) is 0.821. The molecular weight excluding hydrogens is 251 g/mol. The molecule has 0 atom stereocenters. The van der Waals surface area contributed by atoms with E-state index in [-0.39, 0.29) is 4.47 Å². The molecule has 0 saturated carbocycles. The lowest BCUT2D eigenvalue weighted by Gasteiger charge is -2.13. The van der Waals surface area contributed by atoms with Crippen LogP contribution in [0.15, 0.2) is 16.7 Å². The van der Waals surface area contributed by atoms with Gasteiger partial charge in [0, 0.05) is 10.7 Å². The van der Waals surface area contributed by atoms with E-state index in [0.717, 1.165) is 12.3 Å². The predicted molar refractivity (Wildman–Crippen MR) is 42.9 cm³/mol. The fourth-order valence-corrected chi connectivity index (χ4v) is 1.10. The highest BCUT2D eigenvalue weighted by Gasteiger charge is 2.34. The molecule has 2 nitrogen and oxygen atoms in total. The average molecular weight is 256 g/mol. The minimum atomic E-state index is -3.60. The maximum atomic E-state index is 12.8. The number of hydrogen-bond donors (Lipinski definition) is 1. The monoisotopic (exact) mass is 255 g/mol. The van der Waals surface area contributed by atoms with Gasteiger partial charge in [-0.25, -0.2) is 4.98 Å². The first-order valence-corrected chi connectivity index (χ1v) is 4.07. The van der Waals surface area contributed by atoms with Gasteiger partial charge in [-0.05, 0) is 22.0 Å². The summed E-state index contributed by atoms with van der Waals surface area (Å²) >= 11 is 2.87. The van der Waals surface area contributed by atoms with Crippen LogP contribution in [0.4, 0.5) is 13.2 Å². The SMILES string of the molecule is OCC(F)(F)c1cc(Br)cnc1F. The van der Waals surface area contributed by atoms with Crippen molar-refractivity contribution in [2.45, 2.75) is 5.92 Å². The Labute approximate surface area is 80.5 Å². The fourth-order valence-electron chi connectivity index (χ4n) is 0.764. The molecule has 0 amide bonds. The maximum absolute atomic E-state index is 12.8. The van der Waals surface area contributed by atoms with Crippen LogP contribution in [0.5, 0.6) is 0 Å². The van der Waals surface area contributed by atoms with E-state index in [2.05, 4.69) is 20.9 Å². The van der Waals surface area contributed by atoms with Gasteiger partial charge in [-0.15, -0.1) is 0 Å². The molecular formula is C7H5BrF3NO. The van der Waals surface area contributed by atoms with Crippen LogP contribution >= 0.6 is 15.9 Å². The summed E-state index contributed by atoms with van der Waals surface area (Å²) in [6, 6.07) is 0.887. The van der Waals surface area contributed by atoms with Gasteiger partial charge in [-0.1, -0.05) is 0 Å². The number of aliphatic hydroxyl groups excluding tert-OH is 1. The van der Waals surface area contributed by atoms with Gasteiger partial charge in [0.25, 0.3) is 5.92 Å². The number of halogens is 4. The molecule has 1 rings (SSSR count). The van der Waals surface area contributed by atoms with Crippen LogP contribution in [-0.2, 0) is 5.92 Å². The molecule has 0 unspecified atom stereocenters. The van der Waals surface area contributed by atoms with Gasteiger partial charge in [-0.3, -0.25) is 0 Å². The Bertz CT molecular complexity index is 319. The van der Waals surface area contributed by atoms with Crippen molar-refractivity contribution in [1.29, 1.82) is 0 Å². The third kappa shape index (κ3) is 2.19. The molecule has 0 radical (unpaired) electrons. The maximum Gasteiger partial charge on any atom is 0.300 e. The Morgan fingerprint density at radius 1 is 1.54 bits per heavy atom. The second-order valence-corrected chi connectivity index (χ2v) is 3.27. The van der Waals surface area contributed by atoms with E-state index in [0.29, 0.717) is 0 Å². The summed E-state index contributed by atoms with van der Waals surface area (Å²) in [6.45, 7) is -1.44. The number of nitrogens with zero attached hydrogens (tertiary/aromatic N) is 1. The van der Waals surface area contributed by atoms with Gasteiger partial charge in [0.2, 0.25) is 5.95 Å². The van der Waals surface area contributed by atoms with Crippen molar-refractivity contribution in [2.75, 3.05) is 6.61 Å². The summed E-state index contributed by atoms with van der Waals surface area (Å²) < 4.78 is 38.5. The van der Waals surface area contributed by atoms with Crippen LogP contribution in [0.25, 0.3) is 0 Å². The number of pyridine rings is 1. The zero-order chi connectivity index (χ0) is 10.1. The Morgan fingerprint density at radius 2 is 2.15 bits per heavy atom. The largest absolute Gasteiger partial charge is 0.390 e. The van der Waals surface area contributed by atoms with E-state index < -0.39 is 24.0 Å². The van der Waals surface area contributed by atoms with E-state index in [9.17, 15) is 13.2 Å². The molecule has 13 heavy (non-hydrogen) atoms. The van der Waals surface area contributed by atoms with Gasteiger partial charge in [0.15, 0.2) is 0 Å². The summed E-state index contributed by atoms with van der Waals surface area (Å²) in [6.07, 6.45) is 1.06. The third-order valence-electron chi connectivity index (χ3n) is 1.40.